The van der Waals surface area contributed by atoms with Crippen molar-refractivity contribution in [2.45, 2.75) is 40.2 Å². The second-order valence-corrected chi connectivity index (χ2v) is 6.07. The Hall–Kier alpha value is -2.41. The number of amides is 3. The molecule has 0 saturated heterocycles. The molecule has 4 N–H and O–H groups in total. The summed E-state index contributed by atoms with van der Waals surface area (Å²) in [5.41, 5.74) is 7.21. The van der Waals surface area contributed by atoms with Crippen LogP contribution in [0.25, 0.3) is 0 Å². The highest BCUT2D eigenvalue weighted by Gasteiger charge is 2.25. The van der Waals surface area contributed by atoms with Crippen LogP contribution in [0.2, 0.25) is 0 Å². The number of rotatable bonds is 8. The summed E-state index contributed by atoms with van der Waals surface area (Å²) in [5, 5.41) is 5.39. The lowest BCUT2D eigenvalue weighted by Crippen LogP contribution is -2.49. The fraction of sp³-hybridized carbons (Fsp3) is 0.500. The number of likely N-dealkylation sites (N-methyl/N-ethyl adjacent to an activating group) is 1. The van der Waals surface area contributed by atoms with Crippen LogP contribution in [-0.2, 0) is 14.4 Å². The highest BCUT2D eigenvalue weighted by Crippen LogP contribution is 2.14. The zero-order valence-electron chi connectivity index (χ0n) is 15.3. The van der Waals surface area contributed by atoms with Crippen molar-refractivity contribution >= 4 is 29.1 Å². The van der Waals surface area contributed by atoms with Gasteiger partial charge >= 0.3 is 0 Å². The first-order valence-electron chi connectivity index (χ1n) is 8.50. The minimum Gasteiger partial charge on any atom is -0.332 e. The van der Waals surface area contributed by atoms with Crippen LogP contribution in [-0.4, -0.2) is 41.8 Å². The lowest BCUT2D eigenvalue weighted by atomic mass is 9.99. The molecule has 0 spiro atoms. The molecule has 1 rings (SSSR count). The molecule has 2 atom stereocenters. The molecular formula is C18H28N4O3. The van der Waals surface area contributed by atoms with Crippen molar-refractivity contribution < 1.29 is 14.4 Å². The molecule has 1 aromatic rings. The van der Waals surface area contributed by atoms with E-state index >= 15 is 0 Å². The number of carbonyl (C=O) groups excluding carboxylic acids is 3. The summed E-state index contributed by atoms with van der Waals surface area (Å²) < 4.78 is 0. The number of nitrogens with one attached hydrogen (secondary N) is 2. The van der Waals surface area contributed by atoms with E-state index in [0.29, 0.717) is 17.9 Å². The van der Waals surface area contributed by atoms with Gasteiger partial charge in [0.2, 0.25) is 17.7 Å². The number of hydrogen-bond donors (Lipinski definition) is 3. The van der Waals surface area contributed by atoms with E-state index < -0.39 is 6.04 Å². The van der Waals surface area contributed by atoms with E-state index in [4.69, 9.17) is 5.73 Å². The van der Waals surface area contributed by atoms with Crippen molar-refractivity contribution in [3.8, 4) is 0 Å². The monoisotopic (exact) mass is 348 g/mol. The van der Waals surface area contributed by atoms with Crippen molar-refractivity contribution in [2.75, 3.05) is 23.7 Å². The van der Waals surface area contributed by atoms with E-state index in [2.05, 4.69) is 10.6 Å². The fourth-order valence-corrected chi connectivity index (χ4v) is 2.27. The molecule has 7 nitrogen and oxygen atoms in total. The molecule has 7 heteroatoms. The molecule has 138 valence electrons. The molecule has 3 amide bonds. The molecule has 0 aliphatic rings. The lowest BCUT2D eigenvalue weighted by Gasteiger charge is -2.26. The molecule has 0 aliphatic heterocycles. The van der Waals surface area contributed by atoms with E-state index in [1.807, 2.05) is 20.8 Å². The van der Waals surface area contributed by atoms with Gasteiger partial charge < -0.3 is 21.3 Å². The number of hydrogen-bond acceptors (Lipinski definition) is 4. The number of anilines is 2. The Morgan fingerprint density at radius 3 is 2.04 bits per heavy atom. The second kappa shape index (κ2) is 9.78. The van der Waals surface area contributed by atoms with Crippen molar-refractivity contribution in [1.82, 2.24) is 4.90 Å². The summed E-state index contributed by atoms with van der Waals surface area (Å²) in [7, 11) is 0. The minimum absolute atomic E-state index is 0.0487. The van der Waals surface area contributed by atoms with E-state index in [1.165, 1.54) is 11.8 Å². The standard InChI is InChI=1S/C18H28N4O3/c1-5-12(3)17(19)18(25)22(6-2)11-16(24)21-15-9-7-14(8-10-15)20-13(4)23/h7-10,12,17H,5-6,11,19H2,1-4H3,(H,20,23)(H,21,24). The smallest absolute Gasteiger partial charge is 0.243 e. The van der Waals surface area contributed by atoms with Crippen molar-refractivity contribution in [1.29, 1.82) is 0 Å². The van der Waals surface area contributed by atoms with E-state index in [-0.39, 0.29) is 30.2 Å². The van der Waals surface area contributed by atoms with Crippen LogP contribution < -0.4 is 16.4 Å². The molecular weight excluding hydrogens is 320 g/mol. The molecule has 0 fully saturated rings. The highest BCUT2D eigenvalue weighted by molar-refractivity contribution is 5.95. The normalized spacial score (nSPS) is 12.8. The Labute approximate surface area is 148 Å². The van der Waals surface area contributed by atoms with Gasteiger partial charge in [0.25, 0.3) is 0 Å². The zero-order valence-corrected chi connectivity index (χ0v) is 15.3. The molecule has 2 unspecified atom stereocenters. The van der Waals surface area contributed by atoms with E-state index in [9.17, 15) is 14.4 Å². The summed E-state index contributed by atoms with van der Waals surface area (Å²) in [6.45, 7) is 7.51. The van der Waals surface area contributed by atoms with Crippen LogP contribution in [0, 0.1) is 5.92 Å². The molecule has 0 aliphatic carbocycles. The van der Waals surface area contributed by atoms with Gasteiger partial charge in [0, 0.05) is 24.8 Å². The van der Waals surface area contributed by atoms with Gasteiger partial charge in [-0.3, -0.25) is 14.4 Å². The first-order chi connectivity index (χ1) is 11.8. The molecule has 0 aromatic heterocycles. The van der Waals surface area contributed by atoms with Gasteiger partial charge in [-0.05, 0) is 37.1 Å². The van der Waals surface area contributed by atoms with Gasteiger partial charge in [0.05, 0.1) is 12.6 Å². The number of carbonyl (C=O) groups is 3. The third kappa shape index (κ3) is 6.54. The van der Waals surface area contributed by atoms with Crippen LogP contribution in [0.5, 0.6) is 0 Å². The Morgan fingerprint density at radius 1 is 1.08 bits per heavy atom. The average Bonchev–Trinajstić information content (AvgIpc) is 2.58. The number of nitrogens with zero attached hydrogens (tertiary/aromatic N) is 1. The predicted molar refractivity (Wildman–Crippen MR) is 99.1 cm³/mol. The zero-order chi connectivity index (χ0) is 19.0. The van der Waals surface area contributed by atoms with Gasteiger partial charge in [-0.1, -0.05) is 20.3 Å². The SMILES string of the molecule is CCC(C)C(N)C(=O)N(CC)CC(=O)Nc1ccc(NC(C)=O)cc1. The quantitative estimate of drug-likeness (QED) is 0.666. The van der Waals surface area contributed by atoms with Gasteiger partial charge in [-0.2, -0.15) is 0 Å². The summed E-state index contributed by atoms with van der Waals surface area (Å²) >= 11 is 0. The van der Waals surface area contributed by atoms with Crippen molar-refractivity contribution in [2.24, 2.45) is 11.7 Å². The van der Waals surface area contributed by atoms with Gasteiger partial charge in [0.1, 0.15) is 0 Å². The first kappa shape index (κ1) is 20.6. The van der Waals surface area contributed by atoms with Crippen LogP contribution in [0.4, 0.5) is 11.4 Å². The van der Waals surface area contributed by atoms with Gasteiger partial charge in [0.15, 0.2) is 0 Å². The molecule has 1 aromatic carbocycles. The van der Waals surface area contributed by atoms with Crippen molar-refractivity contribution in [3.63, 3.8) is 0 Å². The maximum Gasteiger partial charge on any atom is 0.243 e. The Kier molecular flexibility index (Phi) is 8.07. The van der Waals surface area contributed by atoms with E-state index in [1.54, 1.807) is 24.3 Å². The Balaban J connectivity index is 2.64. The molecule has 0 radical (unpaired) electrons. The molecule has 0 heterocycles. The average molecular weight is 348 g/mol. The van der Waals surface area contributed by atoms with Gasteiger partial charge in [-0.15, -0.1) is 0 Å². The highest BCUT2D eigenvalue weighted by atomic mass is 16.2. The van der Waals surface area contributed by atoms with Crippen LogP contribution >= 0.6 is 0 Å². The lowest BCUT2D eigenvalue weighted by molar-refractivity contribution is -0.136. The third-order valence-corrected chi connectivity index (χ3v) is 4.06. The third-order valence-electron chi connectivity index (χ3n) is 4.06. The Morgan fingerprint density at radius 2 is 1.60 bits per heavy atom. The van der Waals surface area contributed by atoms with Crippen LogP contribution in [0.15, 0.2) is 24.3 Å². The van der Waals surface area contributed by atoms with Crippen LogP contribution in [0.1, 0.15) is 34.1 Å². The number of nitrogens with two attached hydrogens (primary N) is 1. The summed E-state index contributed by atoms with van der Waals surface area (Å²) in [6, 6.07) is 6.16. The molecule has 25 heavy (non-hydrogen) atoms. The predicted octanol–water partition coefficient (Wildman–Crippen LogP) is 1.81. The summed E-state index contributed by atoms with van der Waals surface area (Å²) in [5.74, 6) is -0.607. The van der Waals surface area contributed by atoms with Crippen LogP contribution in [0.3, 0.4) is 0 Å². The summed E-state index contributed by atoms with van der Waals surface area (Å²) in [4.78, 5) is 37.0. The second-order valence-electron chi connectivity index (χ2n) is 6.07. The maximum absolute atomic E-state index is 12.4. The minimum atomic E-state index is -0.602. The van der Waals surface area contributed by atoms with Gasteiger partial charge in [-0.25, -0.2) is 0 Å². The molecule has 0 bridgehead atoms. The topological polar surface area (TPSA) is 105 Å². The maximum atomic E-state index is 12.4. The van der Waals surface area contributed by atoms with E-state index in [0.717, 1.165) is 6.42 Å². The first-order valence-corrected chi connectivity index (χ1v) is 8.50. The molecule has 0 saturated carbocycles. The van der Waals surface area contributed by atoms with Crippen molar-refractivity contribution in [3.05, 3.63) is 24.3 Å². The number of benzene rings is 1. The summed E-state index contributed by atoms with van der Waals surface area (Å²) in [6.07, 6.45) is 0.803. The largest absolute Gasteiger partial charge is 0.332 e. The Bertz CT molecular complexity index is 601. The fourth-order valence-electron chi connectivity index (χ4n) is 2.27.